The maximum absolute atomic E-state index is 10.8. The molecule has 0 unspecified atom stereocenters. The molecule has 1 aliphatic rings. The number of para-hydroxylation sites is 1. The van der Waals surface area contributed by atoms with E-state index in [9.17, 15) is 4.79 Å². The van der Waals surface area contributed by atoms with Crippen LogP contribution in [0.1, 0.15) is 5.56 Å². The van der Waals surface area contributed by atoms with Crippen LogP contribution in [-0.4, -0.2) is 17.4 Å². The molecule has 1 aromatic rings. The van der Waals surface area contributed by atoms with E-state index in [4.69, 9.17) is 18.0 Å². The lowest BCUT2D eigenvalue weighted by atomic mass is 10.1. The normalized spacial score (nSPS) is 12.8. The number of allylic oxidation sites excluding steroid dienone is 1. The van der Waals surface area contributed by atoms with Crippen LogP contribution in [0.2, 0.25) is 0 Å². The number of nitrogens with two attached hydrogens (primary N) is 1. The minimum Gasteiger partial charge on any atom is -0.351 e. The number of amides is 2. The molecule has 1 aromatic carbocycles. The number of nitrogens with one attached hydrogen (secondary N) is 1. The molecule has 1 aliphatic heterocycles. The Balaban J connectivity index is 2.37. The molecule has 6 heteroatoms. The number of benzene rings is 1. The second-order valence-electron chi connectivity index (χ2n) is 3.29. The van der Waals surface area contributed by atoms with Crippen LogP contribution in [0.5, 0.6) is 0 Å². The first-order chi connectivity index (χ1) is 8.18. The number of fused-ring (bicyclic) bond motifs is 1. The summed E-state index contributed by atoms with van der Waals surface area (Å²) in [5, 5.41) is 8.06. The molecule has 17 heavy (non-hydrogen) atoms. The summed E-state index contributed by atoms with van der Waals surface area (Å²) in [6, 6.07) is 6.86. The van der Waals surface area contributed by atoms with E-state index < -0.39 is 6.03 Å². The number of carbonyl (C=O) groups is 1. The lowest BCUT2D eigenvalue weighted by Gasteiger charge is -2.20. The number of hydrogen-bond donors (Lipinski definition) is 2. The number of rotatable bonds is 0. The summed E-state index contributed by atoms with van der Waals surface area (Å²) in [6.07, 6.45) is 5.30. The summed E-state index contributed by atoms with van der Waals surface area (Å²) in [5.41, 5.74) is 6.77. The maximum atomic E-state index is 10.8. The zero-order valence-electron chi connectivity index (χ0n) is 8.83. The molecule has 0 saturated heterocycles. The molecule has 2 rings (SSSR count). The van der Waals surface area contributed by atoms with Gasteiger partial charge in [-0.25, -0.2) is 9.80 Å². The Morgan fingerprint density at radius 1 is 1.41 bits per heavy atom. The molecule has 0 aromatic heterocycles. The van der Waals surface area contributed by atoms with Gasteiger partial charge in [-0.3, -0.25) is 5.32 Å². The third-order valence-electron chi connectivity index (χ3n) is 2.13. The molecule has 2 amide bonds. The first-order valence-electron chi connectivity index (χ1n) is 4.89. The van der Waals surface area contributed by atoms with Gasteiger partial charge in [0.2, 0.25) is 5.11 Å². The van der Waals surface area contributed by atoms with Gasteiger partial charge in [-0.15, -0.1) is 0 Å². The third kappa shape index (κ3) is 2.48. The summed E-state index contributed by atoms with van der Waals surface area (Å²) in [7, 11) is 0. The standard InChI is InChI=1S/C11H10N4OS/c12-10(16)14-11(17)15-9-6-2-1-4-8(9)5-3-7-13-15/h1-7H,(H3,12,14,16,17). The first kappa shape index (κ1) is 11.3. The molecule has 0 spiro atoms. The Hall–Kier alpha value is -2.21. The average molecular weight is 246 g/mol. The summed E-state index contributed by atoms with van der Waals surface area (Å²) in [5.74, 6) is 0. The van der Waals surface area contributed by atoms with Gasteiger partial charge in [0.25, 0.3) is 0 Å². The predicted molar refractivity (Wildman–Crippen MR) is 71.8 cm³/mol. The highest BCUT2D eigenvalue weighted by Crippen LogP contribution is 2.23. The number of hydrazone groups is 1. The zero-order valence-corrected chi connectivity index (χ0v) is 9.65. The molecule has 86 valence electrons. The summed E-state index contributed by atoms with van der Waals surface area (Å²) in [4.78, 5) is 10.8. The van der Waals surface area contributed by atoms with Gasteiger partial charge >= 0.3 is 6.03 Å². The Bertz CT molecular complexity index is 524. The van der Waals surface area contributed by atoms with E-state index in [1.807, 2.05) is 30.3 Å². The molecule has 0 aliphatic carbocycles. The molecular weight excluding hydrogens is 236 g/mol. The van der Waals surface area contributed by atoms with Crippen LogP contribution in [0, 0.1) is 0 Å². The monoisotopic (exact) mass is 246 g/mol. The quantitative estimate of drug-likeness (QED) is 0.681. The highest BCUT2D eigenvalue weighted by molar-refractivity contribution is 7.80. The van der Waals surface area contributed by atoms with Crippen molar-refractivity contribution < 1.29 is 4.79 Å². The Morgan fingerprint density at radius 2 is 2.18 bits per heavy atom. The van der Waals surface area contributed by atoms with Gasteiger partial charge in [0, 0.05) is 11.8 Å². The van der Waals surface area contributed by atoms with E-state index >= 15 is 0 Å². The number of hydrogen-bond acceptors (Lipinski definition) is 3. The van der Waals surface area contributed by atoms with Gasteiger partial charge in [0.15, 0.2) is 0 Å². The molecule has 0 fully saturated rings. The highest BCUT2D eigenvalue weighted by atomic mass is 32.1. The van der Waals surface area contributed by atoms with Crippen LogP contribution < -0.4 is 16.1 Å². The van der Waals surface area contributed by atoms with Crippen molar-refractivity contribution >= 4 is 41.3 Å². The second kappa shape index (κ2) is 4.75. The lowest BCUT2D eigenvalue weighted by molar-refractivity contribution is 0.253. The number of carbonyl (C=O) groups excluding carboxylic acids is 1. The van der Waals surface area contributed by atoms with E-state index in [0.717, 1.165) is 11.3 Å². The molecule has 0 radical (unpaired) electrons. The minimum atomic E-state index is -0.708. The van der Waals surface area contributed by atoms with E-state index in [1.165, 1.54) is 5.01 Å². The molecule has 3 N–H and O–H groups in total. The number of thiocarbonyl (C=S) groups is 1. The Morgan fingerprint density at radius 3 is 2.94 bits per heavy atom. The molecule has 1 heterocycles. The van der Waals surface area contributed by atoms with E-state index in [2.05, 4.69) is 10.4 Å². The van der Waals surface area contributed by atoms with Crippen LogP contribution >= 0.6 is 12.2 Å². The van der Waals surface area contributed by atoms with Gasteiger partial charge in [0.05, 0.1) is 5.69 Å². The number of urea groups is 1. The maximum Gasteiger partial charge on any atom is 0.318 e. The van der Waals surface area contributed by atoms with Crippen molar-refractivity contribution in [2.75, 3.05) is 5.01 Å². The van der Waals surface area contributed by atoms with Crippen molar-refractivity contribution in [1.82, 2.24) is 5.32 Å². The molecular formula is C11H10N4OS. The first-order valence-corrected chi connectivity index (χ1v) is 5.29. The lowest BCUT2D eigenvalue weighted by Crippen LogP contribution is -2.42. The van der Waals surface area contributed by atoms with Crippen LogP contribution in [0.15, 0.2) is 35.4 Å². The zero-order chi connectivity index (χ0) is 12.3. The number of anilines is 1. The number of primary amides is 1. The van der Waals surface area contributed by atoms with Crippen molar-refractivity contribution in [3.05, 3.63) is 35.9 Å². The smallest absolute Gasteiger partial charge is 0.318 e. The van der Waals surface area contributed by atoms with Gasteiger partial charge in [0.1, 0.15) is 0 Å². The van der Waals surface area contributed by atoms with E-state index in [-0.39, 0.29) is 5.11 Å². The van der Waals surface area contributed by atoms with Crippen molar-refractivity contribution in [1.29, 1.82) is 0 Å². The Kier molecular flexibility index (Phi) is 3.15. The van der Waals surface area contributed by atoms with Gasteiger partial charge in [-0.2, -0.15) is 5.10 Å². The predicted octanol–water partition coefficient (Wildman–Crippen LogP) is 1.46. The van der Waals surface area contributed by atoms with Crippen LogP contribution in [0.3, 0.4) is 0 Å². The van der Waals surface area contributed by atoms with Crippen molar-refractivity contribution in [3.63, 3.8) is 0 Å². The topological polar surface area (TPSA) is 70.7 Å². The summed E-state index contributed by atoms with van der Waals surface area (Å²) in [6.45, 7) is 0. The average Bonchev–Trinajstić information content (AvgIpc) is 2.50. The Labute approximate surface area is 104 Å². The van der Waals surface area contributed by atoms with Crippen molar-refractivity contribution in [2.24, 2.45) is 10.8 Å². The minimum absolute atomic E-state index is 0.143. The number of nitrogens with zero attached hydrogens (tertiary/aromatic N) is 2. The van der Waals surface area contributed by atoms with Crippen molar-refractivity contribution in [3.8, 4) is 0 Å². The van der Waals surface area contributed by atoms with Crippen LogP contribution in [-0.2, 0) is 0 Å². The van der Waals surface area contributed by atoms with Gasteiger partial charge in [-0.1, -0.05) is 24.3 Å². The van der Waals surface area contributed by atoms with Crippen LogP contribution in [0.4, 0.5) is 10.5 Å². The molecule has 5 nitrogen and oxygen atoms in total. The molecule has 0 atom stereocenters. The van der Waals surface area contributed by atoms with E-state index in [1.54, 1.807) is 12.3 Å². The van der Waals surface area contributed by atoms with Crippen LogP contribution in [0.25, 0.3) is 6.08 Å². The van der Waals surface area contributed by atoms with Crippen molar-refractivity contribution in [2.45, 2.75) is 0 Å². The summed E-state index contributed by atoms with van der Waals surface area (Å²) >= 11 is 5.06. The van der Waals surface area contributed by atoms with Gasteiger partial charge in [-0.05, 0) is 24.4 Å². The largest absolute Gasteiger partial charge is 0.351 e. The second-order valence-corrected chi connectivity index (χ2v) is 3.68. The fourth-order valence-corrected chi connectivity index (χ4v) is 1.70. The molecule has 0 bridgehead atoms. The highest BCUT2D eigenvalue weighted by Gasteiger charge is 2.15. The summed E-state index contributed by atoms with van der Waals surface area (Å²) < 4.78 is 0. The SMILES string of the molecule is NC(=O)NC(=S)N1N=CC=Cc2ccccc21. The van der Waals surface area contributed by atoms with Gasteiger partial charge < -0.3 is 5.73 Å². The fraction of sp³-hybridized carbons (Fsp3) is 0. The fourth-order valence-electron chi connectivity index (χ4n) is 1.46. The molecule has 0 saturated carbocycles. The third-order valence-corrected chi connectivity index (χ3v) is 2.41. The van der Waals surface area contributed by atoms with E-state index in [0.29, 0.717) is 0 Å².